The maximum Gasteiger partial charge on any atom is 1.00 e. The molecule has 11 heavy (non-hydrogen) atoms. The van der Waals surface area contributed by atoms with Gasteiger partial charge in [0.25, 0.3) is 0 Å². The van der Waals surface area contributed by atoms with Crippen molar-refractivity contribution in [1.29, 1.82) is 0 Å². The van der Waals surface area contributed by atoms with E-state index < -0.39 is 0 Å². The van der Waals surface area contributed by atoms with E-state index in [-0.39, 0.29) is 24.8 Å². The summed E-state index contributed by atoms with van der Waals surface area (Å²) in [4.78, 5) is 10.5. The molecule has 1 aromatic rings. The third-order valence-corrected chi connectivity index (χ3v) is 1.02. The van der Waals surface area contributed by atoms with Crippen LogP contribution in [0.15, 0.2) is 24.3 Å². The van der Waals surface area contributed by atoms with Crippen molar-refractivity contribution in [2.75, 3.05) is 5.32 Å². The zero-order chi connectivity index (χ0) is 7.40. The van der Waals surface area contributed by atoms with Crippen molar-refractivity contribution in [3.05, 3.63) is 30.3 Å². The second-order valence-electron chi connectivity index (χ2n) is 1.96. The zero-order valence-electron chi connectivity index (χ0n) is 6.72. The normalized spacial score (nSPS) is 8.09. The first kappa shape index (κ1) is 10.3. The predicted molar refractivity (Wildman–Crippen MR) is 39.6 cm³/mol. The van der Waals surface area contributed by atoms with Crippen LogP contribution in [-0.4, -0.2) is 5.91 Å². The molecule has 0 spiro atoms. The zero-order valence-corrected chi connectivity index (χ0v) is 6.72. The van der Waals surface area contributed by atoms with E-state index in [1.165, 1.54) is 6.92 Å². The summed E-state index contributed by atoms with van der Waals surface area (Å²) >= 11 is 0. The first-order chi connectivity index (χ1) is 4.79. The van der Waals surface area contributed by atoms with Crippen molar-refractivity contribution in [2.45, 2.75) is 6.92 Å². The Balaban J connectivity index is 0.000001000. The van der Waals surface area contributed by atoms with Crippen molar-refractivity contribution in [3.8, 4) is 0 Å². The first-order valence-electron chi connectivity index (χ1n) is 3.03. The molecule has 0 atom stereocenters. The van der Waals surface area contributed by atoms with Crippen molar-refractivity contribution >= 4 is 11.6 Å². The van der Waals surface area contributed by atoms with Gasteiger partial charge >= 0.3 is 18.9 Å². The average molecular weight is 141 g/mol. The smallest absolute Gasteiger partial charge is 0.350 e. The van der Waals surface area contributed by atoms with E-state index in [4.69, 9.17) is 0 Å². The Morgan fingerprint density at radius 3 is 2.73 bits per heavy atom. The van der Waals surface area contributed by atoms with Gasteiger partial charge in [0.15, 0.2) is 0 Å². The number of hydrogen-bond acceptors (Lipinski definition) is 1. The molecule has 52 valence electrons. The van der Waals surface area contributed by atoms with Gasteiger partial charge in [0.1, 0.15) is 0 Å². The standard InChI is InChI=1S/C8H8NO.Li/c1-7(10)9-8-5-3-2-4-6-8;/h2-5H,1H3,(H,9,10);/q-1;+1. The van der Waals surface area contributed by atoms with Gasteiger partial charge in [-0.2, -0.15) is 24.3 Å². The van der Waals surface area contributed by atoms with E-state index in [0.717, 1.165) is 5.69 Å². The van der Waals surface area contributed by atoms with Crippen LogP contribution in [-0.2, 0) is 4.79 Å². The molecule has 0 aliphatic heterocycles. The molecule has 0 radical (unpaired) electrons. The van der Waals surface area contributed by atoms with Gasteiger partial charge in [-0.3, -0.25) is 4.79 Å². The van der Waals surface area contributed by atoms with Crippen molar-refractivity contribution in [2.24, 2.45) is 0 Å². The first-order valence-corrected chi connectivity index (χ1v) is 3.03. The number of rotatable bonds is 1. The Morgan fingerprint density at radius 2 is 2.27 bits per heavy atom. The Kier molecular flexibility index (Phi) is 4.68. The van der Waals surface area contributed by atoms with Crippen LogP contribution in [0.4, 0.5) is 5.69 Å². The molecule has 0 unspecified atom stereocenters. The van der Waals surface area contributed by atoms with E-state index in [0.29, 0.717) is 0 Å². The van der Waals surface area contributed by atoms with Crippen LogP contribution in [0.25, 0.3) is 0 Å². The molecule has 0 aromatic heterocycles. The number of amides is 1. The van der Waals surface area contributed by atoms with Crippen LogP contribution in [0.5, 0.6) is 0 Å². The largest absolute Gasteiger partial charge is 1.00 e. The van der Waals surface area contributed by atoms with Crippen LogP contribution >= 0.6 is 0 Å². The maximum absolute atomic E-state index is 10.5. The minimum atomic E-state index is -0.0672. The second kappa shape index (κ2) is 5.01. The Morgan fingerprint density at radius 1 is 1.55 bits per heavy atom. The second-order valence-corrected chi connectivity index (χ2v) is 1.96. The summed E-state index contributed by atoms with van der Waals surface area (Å²) in [5.74, 6) is -0.0672. The van der Waals surface area contributed by atoms with E-state index in [9.17, 15) is 4.79 Å². The molecular weight excluding hydrogens is 133 g/mol. The summed E-state index contributed by atoms with van der Waals surface area (Å²) in [7, 11) is 0. The molecule has 0 aliphatic rings. The Labute approximate surface area is 78.2 Å². The van der Waals surface area contributed by atoms with Crippen LogP contribution in [0.1, 0.15) is 6.92 Å². The molecule has 0 heterocycles. The van der Waals surface area contributed by atoms with Gasteiger partial charge in [0.05, 0.1) is 0 Å². The quantitative estimate of drug-likeness (QED) is 0.372. The third kappa shape index (κ3) is 3.87. The third-order valence-electron chi connectivity index (χ3n) is 1.02. The van der Waals surface area contributed by atoms with Crippen LogP contribution in [0.3, 0.4) is 0 Å². The predicted octanol–water partition coefficient (Wildman–Crippen LogP) is -1.55. The van der Waals surface area contributed by atoms with Crippen molar-refractivity contribution < 1.29 is 23.7 Å². The molecule has 1 amide bonds. The molecule has 0 aliphatic carbocycles. The van der Waals surface area contributed by atoms with Crippen LogP contribution in [0, 0.1) is 6.07 Å². The average Bonchev–Trinajstić information content (AvgIpc) is 1.88. The summed E-state index contributed by atoms with van der Waals surface area (Å²) in [5, 5.41) is 2.61. The topological polar surface area (TPSA) is 29.1 Å². The maximum atomic E-state index is 10.5. The van der Waals surface area contributed by atoms with Gasteiger partial charge in [-0.15, -0.1) is 6.07 Å². The number of para-hydroxylation sites is 1. The number of carbonyl (C=O) groups is 1. The fourth-order valence-electron chi connectivity index (χ4n) is 0.661. The van der Waals surface area contributed by atoms with E-state index >= 15 is 0 Å². The van der Waals surface area contributed by atoms with Crippen LogP contribution in [0.2, 0.25) is 0 Å². The molecule has 1 N–H and O–H groups in total. The minimum Gasteiger partial charge on any atom is -0.350 e. The fraction of sp³-hybridized carbons (Fsp3) is 0.125. The summed E-state index contributed by atoms with van der Waals surface area (Å²) in [6.45, 7) is 1.47. The molecule has 1 rings (SSSR count). The molecular formula is C8H8LiNO. The number of anilines is 1. The van der Waals surface area contributed by atoms with Gasteiger partial charge in [-0.25, -0.2) is 0 Å². The molecule has 0 bridgehead atoms. The number of benzene rings is 1. The number of carbonyl (C=O) groups excluding carboxylic acids is 1. The Hall–Kier alpha value is -0.713. The SMILES string of the molecule is CC(=O)Nc1[c-]cccc1.[Li+]. The molecule has 0 saturated carbocycles. The van der Waals surface area contributed by atoms with E-state index in [1.807, 2.05) is 12.1 Å². The monoisotopic (exact) mass is 141 g/mol. The van der Waals surface area contributed by atoms with Crippen molar-refractivity contribution in [1.82, 2.24) is 0 Å². The minimum absolute atomic E-state index is 0. The number of hydrogen-bond donors (Lipinski definition) is 1. The summed E-state index contributed by atoms with van der Waals surface area (Å²) in [5.41, 5.74) is 0.718. The molecule has 1 aromatic carbocycles. The molecule has 2 nitrogen and oxygen atoms in total. The van der Waals surface area contributed by atoms with Gasteiger partial charge in [0.2, 0.25) is 5.91 Å². The van der Waals surface area contributed by atoms with Gasteiger partial charge in [-0.05, 0) is 0 Å². The van der Waals surface area contributed by atoms with Crippen LogP contribution < -0.4 is 24.2 Å². The molecule has 0 fully saturated rings. The van der Waals surface area contributed by atoms with Gasteiger partial charge in [0, 0.05) is 6.92 Å². The van der Waals surface area contributed by atoms with Gasteiger partial charge in [-0.1, -0.05) is 5.69 Å². The molecule has 0 saturated heterocycles. The number of nitrogens with one attached hydrogen (secondary N) is 1. The molecule has 3 heteroatoms. The van der Waals surface area contributed by atoms with E-state index in [2.05, 4.69) is 11.4 Å². The van der Waals surface area contributed by atoms with E-state index in [1.54, 1.807) is 12.1 Å². The van der Waals surface area contributed by atoms with Gasteiger partial charge < -0.3 is 5.32 Å². The Bertz CT molecular complexity index is 223. The van der Waals surface area contributed by atoms with Crippen molar-refractivity contribution in [3.63, 3.8) is 0 Å². The summed E-state index contributed by atoms with van der Waals surface area (Å²) in [6.07, 6.45) is 0. The summed E-state index contributed by atoms with van der Waals surface area (Å²) in [6, 6.07) is 10.1. The fourth-order valence-corrected chi connectivity index (χ4v) is 0.661. The summed E-state index contributed by atoms with van der Waals surface area (Å²) < 4.78 is 0.